The Hall–Kier alpha value is -2.57. The molecular formula is C13H14O7. The minimum absolute atomic E-state index is 0.0994. The number of carboxylic acids is 2. The lowest BCUT2D eigenvalue weighted by Gasteiger charge is -1.97. The molecule has 1 saturated carbocycles. The van der Waals surface area contributed by atoms with Gasteiger partial charge >= 0.3 is 11.9 Å². The highest BCUT2D eigenvalue weighted by Gasteiger charge is 2.41. The molecule has 108 valence electrons. The topological polar surface area (TPSA) is 126 Å². The molecule has 0 heterocycles. The van der Waals surface area contributed by atoms with Crippen molar-refractivity contribution in [3.05, 3.63) is 24.8 Å². The van der Waals surface area contributed by atoms with Gasteiger partial charge in [0.15, 0.2) is 23.3 Å². The van der Waals surface area contributed by atoms with Crippen LogP contribution in [0.5, 0.6) is 0 Å². The summed E-state index contributed by atoms with van der Waals surface area (Å²) < 4.78 is 0. The van der Waals surface area contributed by atoms with E-state index in [4.69, 9.17) is 10.2 Å². The summed E-state index contributed by atoms with van der Waals surface area (Å²) in [4.78, 5) is 52.4. The second kappa shape index (κ2) is 7.13. The first kappa shape index (κ1) is 17.4. The number of Topliss-reactive ketones (excluding diaryl/α,β-unsaturated/α-hetero) is 2. The molecule has 1 fully saturated rings. The standard InChI is InChI=1S/C7H6O4.C6H8O3/c1-3-2-4(8)5(6(3)9)7(10)11;1-3-5(7)4(2)6(8)9/h5H,1-2H2,(H,10,11);3-4H,1H2,2H3,(H,8,9). The van der Waals surface area contributed by atoms with Gasteiger partial charge in [-0.3, -0.25) is 24.0 Å². The number of ketones is 3. The Kier molecular flexibility index (Phi) is 6.21. The summed E-state index contributed by atoms with van der Waals surface area (Å²) in [5.74, 6) is -6.60. The quantitative estimate of drug-likeness (QED) is 0.559. The molecule has 1 rings (SSSR count). The van der Waals surface area contributed by atoms with Gasteiger partial charge in [0.1, 0.15) is 5.92 Å². The number of rotatable bonds is 4. The third-order valence-electron chi connectivity index (χ3n) is 2.57. The van der Waals surface area contributed by atoms with E-state index in [1.165, 1.54) is 6.92 Å². The number of carbonyl (C=O) groups is 5. The third-order valence-corrected chi connectivity index (χ3v) is 2.57. The van der Waals surface area contributed by atoms with Gasteiger partial charge in [0.05, 0.1) is 0 Å². The van der Waals surface area contributed by atoms with Crippen molar-refractivity contribution in [2.45, 2.75) is 13.3 Å². The molecule has 0 aliphatic heterocycles. The van der Waals surface area contributed by atoms with Crippen molar-refractivity contribution in [1.29, 1.82) is 0 Å². The summed E-state index contributed by atoms with van der Waals surface area (Å²) in [6.45, 7) is 7.76. The lowest BCUT2D eigenvalue weighted by molar-refractivity contribution is -0.148. The van der Waals surface area contributed by atoms with Crippen molar-refractivity contribution in [2.24, 2.45) is 11.8 Å². The maximum atomic E-state index is 10.9. The van der Waals surface area contributed by atoms with E-state index in [0.717, 1.165) is 6.08 Å². The molecule has 0 spiro atoms. The van der Waals surface area contributed by atoms with Gasteiger partial charge in [-0.1, -0.05) is 13.2 Å². The Bertz CT molecular complexity index is 501. The van der Waals surface area contributed by atoms with Gasteiger partial charge in [0.25, 0.3) is 0 Å². The Morgan fingerprint density at radius 3 is 1.95 bits per heavy atom. The Morgan fingerprint density at radius 2 is 1.80 bits per heavy atom. The van der Waals surface area contributed by atoms with E-state index in [0.29, 0.717) is 0 Å². The van der Waals surface area contributed by atoms with E-state index in [-0.39, 0.29) is 12.0 Å². The number of carboxylic acid groups (broad SMARTS) is 2. The Morgan fingerprint density at radius 1 is 1.30 bits per heavy atom. The molecule has 0 aromatic carbocycles. The predicted molar refractivity (Wildman–Crippen MR) is 66.9 cm³/mol. The van der Waals surface area contributed by atoms with Crippen molar-refractivity contribution < 1.29 is 34.2 Å². The van der Waals surface area contributed by atoms with E-state index in [1.54, 1.807) is 0 Å². The number of carbonyl (C=O) groups excluding carboxylic acids is 3. The van der Waals surface area contributed by atoms with Crippen LogP contribution in [-0.4, -0.2) is 39.5 Å². The van der Waals surface area contributed by atoms with Gasteiger partial charge < -0.3 is 10.2 Å². The highest BCUT2D eigenvalue weighted by Crippen LogP contribution is 2.21. The highest BCUT2D eigenvalue weighted by atomic mass is 16.4. The predicted octanol–water partition coefficient (Wildman–Crippen LogP) is 0.247. The molecule has 1 aliphatic rings. The second-order valence-electron chi connectivity index (χ2n) is 4.05. The molecule has 1 aliphatic carbocycles. The largest absolute Gasteiger partial charge is 0.481 e. The molecule has 0 aromatic rings. The SMILES string of the molecule is C=C1CC(=O)C(C(=O)O)C1=O.C=CC(=O)C(C)C(=O)O. The molecule has 0 amide bonds. The van der Waals surface area contributed by atoms with Crippen LogP contribution in [0.3, 0.4) is 0 Å². The first-order chi connectivity index (χ1) is 9.13. The summed E-state index contributed by atoms with van der Waals surface area (Å²) in [6.07, 6.45) is 0.897. The zero-order chi connectivity index (χ0) is 16.0. The van der Waals surface area contributed by atoms with E-state index in [1.807, 2.05) is 0 Å². The summed E-state index contributed by atoms with van der Waals surface area (Å²) in [6, 6.07) is 0. The summed E-state index contributed by atoms with van der Waals surface area (Å²) in [5, 5.41) is 16.6. The van der Waals surface area contributed by atoms with Crippen molar-refractivity contribution in [3.8, 4) is 0 Å². The van der Waals surface area contributed by atoms with Crippen LogP contribution in [0.1, 0.15) is 13.3 Å². The molecule has 0 saturated heterocycles. The Labute approximate surface area is 114 Å². The van der Waals surface area contributed by atoms with Crippen LogP contribution < -0.4 is 0 Å². The van der Waals surface area contributed by atoms with Crippen molar-refractivity contribution in [2.75, 3.05) is 0 Å². The van der Waals surface area contributed by atoms with Crippen LogP contribution in [0.4, 0.5) is 0 Å². The fraction of sp³-hybridized carbons (Fsp3) is 0.308. The molecule has 7 heteroatoms. The van der Waals surface area contributed by atoms with Crippen molar-refractivity contribution >= 4 is 29.3 Å². The molecule has 7 nitrogen and oxygen atoms in total. The van der Waals surface area contributed by atoms with Crippen molar-refractivity contribution in [3.63, 3.8) is 0 Å². The first-order valence-electron chi connectivity index (χ1n) is 5.50. The molecule has 2 atom stereocenters. The normalized spacial score (nSPS) is 18.9. The van der Waals surface area contributed by atoms with Gasteiger partial charge in [0, 0.05) is 6.42 Å². The molecule has 2 unspecified atom stereocenters. The van der Waals surface area contributed by atoms with Gasteiger partial charge in [0.2, 0.25) is 0 Å². The number of aliphatic carboxylic acids is 2. The summed E-state index contributed by atoms with van der Waals surface area (Å²) >= 11 is 0. The lowest BCUT2D eigenvalue weighted by Crippen LogP contribution is -2.24. The molecule has 0 radical (unpaired) electrons. The maximum Gasteiger partial charge on any atom is 0.322 e. The second-order valence-corrected chi connectivity index (χ2v) is 4.05. The van der Waals surface area contributed by atoms with Crippen LogP contribution in [-0.2, 0) is 24.0 Å². The third kappa shape index (κ3) is 4.27. The van der Waals surface area contributed by atoms with Gasteiger partial charge in [-0.25, -0.2) is 0 Å². The monoisotopic (exact) mass is 282 g/mol. The number of hydrogen-bond donors (Lipinski definition) is 2. The minimum atomic E-state index is -1.48. The number of hydrogen-bond acceptors (Lipinski definition) is 5. The van der Waals surface area contributed by atoms with Crippen LogP contribution in [0.25, 0.3) is 0 Å². The van der Waals surface area contributed by atoms with Gasteiger partial charge in [-0.05, 0) is 18.6 Å². The molecular weight excluding hydrogens is 268 g/mol. The van der Waals surface area contributed by atoms with Gasteiger partial charge in [-0.15, -0.1) is 0 Å². The zero-order valence-corrected chi connectivity index (χ0v) is 10.8. The first-order valence-corrected chi connectivity index (χ1v) is 5.50. The fourth-order valence-corrected chi connectivity index (χ4v) is 1.30. The zero-order valence-electron chi connectivity index (χ0n) is 10.8. The smallest absolute Gasteiger partial charge is 0.322 e. The van der Waals surface area contributed by atoms with E-state index in [2.05, 4.69) is 13.2 Å². The van der Waals surface area contributed by atoms with E-state index >= 15 is 0 Å². The van der Waals surface area contributed by atoms with Crippen LogP contribution >= 0.6 is 0 Å². The average Bonchev–Trinajstić information content (AvgIpc) is 2.61. The number of allylic oxidation sites excluding steroid dienone is 2. The molecule has 20 heavy (non-hydrogen) atoms. The van der Waals surface area contributed by atoms with Crippen LogP contribution in [0, 0.1) is 11.8 Å². The average molecular weight is 282 g/mol. The van der Waals surface area contributed by atoms with E-state index < -0.39 is 41.1 Å². The van der Waals surface area contributed by atoms with Crippen LogP contribution in [0.15, 0.2) is 24.8 Å². The van der Waals surface area contributed by atoms with Crippen LogP contribution in [0.2, 0.25) is 0 Å². The highest BCUT2D eigenvalue weighted by molar-refractivity contribution is 6.28. The van der Waals surface area contributed by atoms with Crippen molar-refractivity contribution in [1.82, 2.24) is 0 Å². The lowest BCUT2D eigenvalue weighted by atomic mass is 10.1. The molecule has 0 aromatic heterocycles. The minimum Gasteiger partial charge on any atom is -0.481 e. The fourth-order valence-electron chi connectivity index (χ4n) is 1.30. The summed E-state index contributed by atoms with van der Waals surface area (Å²) in [5.41, 5.74) is 0.0994. The molecule has 0 bridgehead atoms. The molecule has 2 N–H and O–H groups in total. The summed E-state index contributed by atoms with van der Waals surface area (Å²) in [7, 11) is 0. The van der Waals surface area contributed by atoms with Gasteiger partial charge in [-0.2, -0.15) is 0 Å². The van der Waals surface area contributed by atoms with E-state index in [9.17, 15) is 24.0 Å². The Balaban J connectivity index is 0.000000370. The maximum absolute atomic E-state index is 10.9.